The van der Waals surface area contributed by atoms with Crippen molar-refractivity contribution in [3.8, 4) is 0 Å². The van der Waals surface area contributed by atoms with Crippen molar-refractivity contribution >= 4 is 12.0 Å². The number of carboxylic acids is 1. The Morgan fingerprint density at radius 2 is 1.80 bits per heavy atom. The number of piperidine rings is 1. The number of amides is 2. The van der Waals surface area contributed by atoms with Crippen LogP contribution in [0.5, 0.6) is 0 Å². The molecule has 0 aromatic rings. The Kier molecular flexibility index (Phi) is 6.26. The molecular weight excluding hydrogens is 258 g/mol. The second-order valence-electron chi connectivity index (χ2n) is 6.28. The lowest BCUT2D eigenvalue weighted by Crippen LogP contribution is -2.53. The van der Waals surface area contributed by atoms with Gasteiger partial charge in [0.2, 0.25) is 0 Å². The van der Waals surface area contributed by atoms with Crippen LogP contribution >= 0.6 is 0 Å². The molecule has 1 aliphatic rings. The van der Waals surface area contributed by atoms with Gasteiger partial charge >= 0.3 is 12.0 Å². The molecule has 0 unspecified atom stereocenters. The highest BCUT2D eigenvalue weighted by molar-refractivity contribution is 5.80. The molecule has 0 saturated carbocycles. The van der Waals surface area contributed by atoms with Gasteiger partial charge in [-0.05, 0) is 46.7 Å². The van der Waals surface area contributed by atoms with Crippen LogP contribution in [0.1, 0.15) is 40.0 Å². The molecule has 6 heteroatoms. The molecule has 0 atom stereocenters. The van der Waals surface area contributed by atoms with Crippen LogP contribution in [0.25, 0.3) is 0 Å². The number of nitrogens with zero attached hydrogens (tertiary/aromatic N) is 2. The largest absolute Gasteiger partial charge is 0.480 e. The van der Waals surface area contributed by atoms with E-state index in [1.165, 1.54) is 24.2 Å². The lowest BCUT2D eigenvalue weighted by Gasteiger charge is -2.34. The zero-order valence-corrected chi connectivity index (χ0v) is 12.8. The quantitative estimate of drug-likeness (QED) is 0.800. The number of hydrogen-bond donors (Lipinski definition) is 2. The molecule has 0 bridgehead atoms. The Balaban J connectivity index is 2.39. The molecule has 0 spiro atoms. The molecule has 1 saturated heterocycles. The third kappa shape index (κ3) is 5.77. The van der Waals surface area contributed by atoms with Gasteiger partial charge in [-0.1, -0.05) is 6.42 Å². The van der Waals surface area contributed by atoms with Crippen molar-refractivity contribution in [2.24, 2.45) is 0 Å². The van der Waals surface area contributed by atoms with E-state index < -0.39 is 11.5 Å². The van der Waals surface area contributed by atoms with E-state index in [-0.39, 0.29) is 12.6 Å². The summed E-state index contributed by atoms with van der Waals surface area (Å²) in [6, 6.07) is -0.308. The van der Waals surface area contributed by atoms with Crippen molar-refractivity contribution in [2.75, 3.05) is 32.7 Å². The highest BCUT2D eigenvalue weighted by Gasteiger charge is 2.28. The van der Waals surface area contributed by atoms with Crippen LogP contribution in [-0.2, 0) is 4.79 Å². The van der Waals surface area contributed by atoms with Crippen LogP contribution in [-0.4, -0.2) is 65.2 Å². The van der Waals surface area contributed by atoms with E-state index in [4.69, 9.17) is 5.11 Å². The molecule has 0 aromatic heterocycles. The summed E-state index contributed by atoms with van der Waals surface area (Å²) in [6.07, 6.45) is 3.74. The number of aliphatic carboxylic acids is 1. The van der Waals surface area contributed by atoms with Gasteiger partial charge in [0.05, 0.1) is 0 Å². The van der Waals surface area contributed by atoms with Gasteiger partial charge in [-0.25, -0.2) is 4.79 Å². The number of carbonyl (C=O) groups excluding carboxylic acids is 1. The molecule has 1 heterocycles. The van der Waals surface area contributed by atoms with Crippen molar-refractivity contribution in [3.63, 3.8) is 0 Å². The number of hydrogen-bond acceptors (Lipinski definition) is 3. The third-order valence-corrected chi connectivity index (χ3v) is 3.50. The predicted molar refractivity (Wildman–Crippen MR) is 77.8 cm³/mol. The fraction of sp³-hybridized carbons (Fsp3) is 0.857. The minimum atomic E-state index is -0.994. The van der Waals surface area contributed by atoms with Crippen LogP contribution in [0.3, 0.4) is 0 Å². The maximum Gasteiger partial charge on any atom is 0.323 e. The predicted octanol–water partition coefficient (Wildman–Crippen LogP) is 1.37. The van der Waals surface area contributed by atoms with E-state index >= 15 is 0 Å². The van der Waals surface area contributed by atoms with Crippen LogP contribution in [0.15, 0.2) is 0 Å². The van der Waals surface area contributed by atoms with Gasteiger partial charge < -0.3 is 20.2 Å². The van der Waals surface area contributed by atoms with Crippen molar-refractivity contribution in [2.45, 2.75) is 45.6 Å². The molecular formula is C14H27N3O3. The van der Waals surface area contributed by atoms with Gasteiger partial charge in [0.15, 0.2) is 0 Å². The number of carbonyl (C=O) groups is 2. The molecule has 2 N–H and O–H groups in total. The molecule has 6 nitrogen and oxygen atoms in total. The molecule has 116 valence electrons. The zero-order valence-electron chi connectivity index (χ0n) is 12.8. The van der Waals surface area contributed by atoms with Crippen molar-refractivity contribution in [1.29, 1.82) is 0 Å². The first-order chi connectivity index (χ1) is 9.30. The Morgan fingerprint density at radius 3 is 2.30 bits per heavy atom. The molecule has 1 aliphatic heterocycles. The van der Waals surface area contributed by atoms with E-state index in [0.29, 0.717) is 6.54 Å². The van der Waals surface area contributed by atoms with E-state index in [1.807, 2.05) is 20.8 Å². The summed E-state index contributed by atoms with van der Waals surface area (Å²) in [4.78, 5) is 26.6. The number of nitrogens with one attached hydrogen (secondary N) is 1. The second kappa shape index (κ2) is 7.47. The van der Waals surface area contributed by atoms with Crippen LogP contribution < -0.4 is 5.32 Å². The molecule has 0 aromatic carbocycles. The monoisotopic (exact) mass is 285 g/mol. The molecule has 1 fully saturated rings. The molecule has 0 radical (unpaired) electrons. The summed E-state index contributed by atoms with van der Waals surface area (Å²) in [5.41, 5.74) is -0.506. The molecule has 1 rings (SSSR count). The fourth-order valence-electron chi connectivity index (χ4n) is 2.35. The summed E-state index contributed by atoms with van der Waals surface area (Å²) < 4.78 is 0. The van der Waals surface area contributed by atoms with Gasteiger partial charge in [0.1, 0.15) is 6.54 Å². The van der Waals surface area contributed by atoms with E-state index in [0.717, 1.165) is 19.6 Å². The SMILES string of the molecule is CC(C)(C)N(CC(=O)O)C(=O)NCCN1CCCCC1. The zero-order chi connectivity index (χ0) is 15.2. The standard InChI is InChI=1S/C14H27N3O3/c1-14(2,3)17(11-12(18)19)13(20)15-7-10-16-8-5-4-6-9-16/h4-11H2,1-3H3,(H,15,20)(H,18,19). The topological polar surface area (TPSA) is 72.9 Å². The minimum absolute atomic E-state index is 0.279. The number of carboxylic acid groups (broad SMARTS) is 1. The summed E-state index contributed by atoms with van der Waals surface area (Å²) in [7, 11) is 0. The van der Waals surface area contributed by atoms with Crippen LogP contribution in [0.4, 0.5) is 4.79 Å². The van der Waals surface area contributed by atoms with E-state index in [2.05, 4.69) is 10.2 Å². The van der Waals surface area contributed by atoms with Crippen molar-refractivity contribution in [1.82, 2.24) is 15.1 Å². The van der Waals surface area contributed by atoms with E-state index in [1.54, 1.807) is 0 Å². The highest BCUT2D eigenvalue weighted by Crippen LogP contribution is 2.13. The summed E-state index contributed by atoms with van der Waals surface area (Å²) in [5, 5.41) is 11.7. The molecule has 2 amide bonds. The Bertz CT molecular complexity index is 333. The maximum atomic E-state index is 12.1. The summed E-state index contributed by atoms with van der Waals surface area (Å²) in [6.45, 7) is 8.79. The second-order valence-corrected chi connectivity index (χ2v) is 6.28. The van der Waals surface area contributed by atoms with Gasteiger partial charge in [-0.3, -0.25) is 4.79 Å². The van der Waals surface area contributed by atoms with Crippen molar-refractivity contribution < 1.29 is 14.7 Å². The maximum absolute atomic E-state index is 12.1. The first-order valence-corrected chi connectivity index (χ1v) is 7.30. The first-order valence-electron chi connectivity index (χ1n) is 7.30. The van der Waals surface area contributed by atoms with Crippen LogP contribution in [0.2, 0.25) is 0 Å². The van der Waals surface area contributed by atoms with Gasteiger partial charge in [0, 0.05) is 18.6 Å². The lowest BCUT2D eigenvalue weighted by atomic mass is 10.1. The number of urea groups is 1. The van der Waals surface area contributed by atoms with Gasteiger partial charge in [-0.2, -0.15) is 0 Å². The normalized spacial score (nSPS) is 16.8. The lowest BCUT2D eigenvalue weighted by molar-refractivity contribution is -0.138. The molecule has 0 aliphatic carbocycles. The van der Waals surface area contributed by atoms with Gasteiger partial charge in [0.25, 0.3) is 0 Å². The Labute approximate surface area is 121 Å². The Hall–Kier alpha value is -1.30. The number of rotatable bonds is 5. The fourth-order valence-corrected chi connectivity index (χ4v) is 2.35. The van der Waals surface area contributed by atoms with Gasteiger partial charge in [-0.15, -0.1) is 0 Å². The Morgan fingerprint density at radius 1 is 1.20 bits per heavy atom. The minimum Gasteiger partial charge on any atom is -0.480 e. The number of likely N-dealkylation sites (tertiary alicyclic amines) is 1. The third-order valence-electron chi connectivity index (χ3n) is 3.50. The van der Waals surface area contributed by atoms with Crippen molar-refractivity contribution in [3.05, 3.63) is 0 Å². The highest BCUT2D eigenvalue weighted by atomic mass is 16.4. The smallest absolute Gasteiger partial charge is 0.323 e. The molecule has 20 heavy (non-hydrogen) atoms. The first kappa shape index (κ1) is 16.8. The average Bonchev–Trinajstić information content (AvgIpc) is 2.35. The summed E-state index contributed by atoms with van der Waals surface area (Å²) >= 11 is 0. The van der Waals surface area contributed by atoms with E-state index in [9.17, 15) is 9.59 Å². The van der Waals surface area contributed by atoms with Crippen LogP contribution in [0, 0.1) is 0 Å². The average molecular weight is 285 g/mol. The summed E-state index contributed by atoms with van der Waals surface area (Å²) in [5.74, 6) is -0.994.